The molecule has 2 rings (SSSR count). The van der Waals surface area contributed by atoms with E-state index in [0.717, 1.165) is 16.6 Å². The van der Waals surface area contributed by atoms with Gasteiger partial charge in [0.25, 0.3) is 5.91 Å². The zero-order valence-corrected chi connectivity index (χ0v) is 13.9. The Morgan fingerprint density at radius 2 is 2.14 bits per heavy atom. The highest BCUT2D eigenvalue weighted by Crippen LogP contribution is 2.27. The number of hydrogen-bond donors (Lipinski definition) is 1. The minimum Gasteiger partial charge on any atom is -0.497 e. The zero-order chi connectivity index (χ0) is 15.4. The lowest BCUT2D eigenvalue weighted by Gasteiger charge is -2.10. The van der Waals surface area contributed by atoms with Gasteiger partial charge in [0.05, 0.1) is 18.5 Å². The summed E-state index contributed by atoms with van der Waals surface area (Å²) in [6.07, 6.45) is 0.802. The van der Waals surface area contributed by atoms with Gasteiger partial charge in [-0.3, -0.25) is 9.48 Å². The third-order valence-electron chi connectivity index (χ3n) is 3.15. The van der Waals surface area contributed by atoms with E-state index in [1.807, 2.05) is 32.0 Å². The Bertz CT molecular complexity index is 652. The second-order valence-electron chi connectivity index (χ2n) is 4.49. The summed E-state index contributed by atoms with van der Waals surface area (Å²) < 4.78 is 7.69. The average molecular weight is 352 g/mol. The number of hydrogen-bond acceptors (Lipinski definition) is 3. The van der Waals surface area contributed by atoms with E-state index in [-0.39, 0.29) is 5.91 Å². The monoisotopic (exact) mass is 351 g/mol. The molecule has 1 aromatic carbocycles. The van der Waals surface area contributed by atoms with Gasteiger partial charge in [0.15, 0.2) is 0 Å². The van der Waals surface area contributed by atoms with Crippen LogP contribution in [0.2, 0.25) is 0 Å². The van der Waals surface area contributed by atoms with Crippen LogP contribution in [0, 0.1) is 0 Å². The maximum atomic E-state index is 12.4. The third-order valence-corrected chi connectivity index (χ3v) is 3.84. The first-order valence-corrected chi connectivity index (χ1v) is 7.60. The fourth-order valence-corrected chi connectivity index (χ4v) is 2.33. The van der Waals surface area contributed by atoms with Gasteiger partial charge in [-0.1, -0.05) is 6.92 Å². The van der Waals surface area contributed by atoms with E-state index in [2.05, 4.69) is 26.3 Å². The Hall–Kier alpha value is -1.82. The van der Waals surface area contributed by atoms with Crippen molar-refractivity contribution in [3.05, 3.63) is 40.1 Å². The number of carbonyl (C=O) groups excluding carboxylic acids is 1. The van der Waals surface area contributed by atoms with Crippen molar-refractivity contribution in [3.63, 3.8) is 0 Å². The summed E-state index contributed by atoms with van der Waals surface area (Å²) in [4.78, 5) is 12.4. The smallest absolute Gasteiger partial charge is 0.273 e. The van der Waals surface area contributed by atoms with E-state index in [9.17, 15) is 4.79 Å². The van der Waals surface area contributed by atoms with Gasteiger partial charge in [0, 0.05) is 17.1 Å². The molecule has 1 N–H and O–H groups in total. The summed E-state index contributed by atoms with van der Waals surface area (Å²) in [5.41, 5.74) is 2.14. The number of aryl methyl sites for hydroxylation is 2. The Labute approximate surface area is 132 Å². The molecule has 0 aliphatic carbocycles. The molecule has 1 heterocycles. The number of amides is 1. The Balaban J connectivity index is 2.27. The van der Waals surface area contributed by atoms with Crippen molar-refractivity contribution in [3.8, 4) is 5.75 Å². The first-order valence-electron chi connectivity index (χ1n) is 6.80. The molecular weight excluding hydrogens is 334 g/mol. The van der Waals surface area contributed by atoms with Gasteiger partial charge in [0.2, 0.25) is 0 Å². The first kappa shape index (κ1) is 15.6. The predicted octanol–water partition coefficient (Wildman–Crippen LogP) is 3.49. The van der Waals surface area contributed by atoms with Gasteiger partial charge in [0.1, 0.15) is 11.4 Å². The number of halogens is 1. The van der Waals surface area contributed by atoms with E-state index >= 15 is 0 Å². The van der Waals surface area contributed by atoms with Crippen molar-refractivity contribution in [2.75, 3.05) is 12.4 Å². The molecule has 0 aliphatic heterocycles. The van der Waals surface area contributed by atoms with Crippen LogP contribution in [0.4, 0.5) is 5.69 Å². The van der Waals surface area contributed by atoms with E-state index < -0.39 is 0 Å². The highest BCUT2D eigenvalue weighted by atomic mass is 79.9. The summed E-state index contributed by atoms with van der Waals surface area (Å²) >= 11 is 3.42. The molecule has 6 heteroatoms. The molecule has 1 aromatic heterocycles. The molecule has 0 saturated heterocycles. The van der Waals surface area contributed by atoms with Crippen molar-refractivity contribution in [1.29, 1.82) is 0 Å². The molecule has 0 radical (unpaired) electrons. The number of nitrogens with zero attached hydrogens (tertiary/aromatic N) is 2. The van der Waals surface area contributed by atoms with Crippen molar-refractivity contribution in [2.24, 2.45) is 0 Å². The van der Waals surface area contributed by atoms with Crippen LogP contribution < -0.4 is 10.1 Å². The van der Waals surface area contributed by atoms with E-state index in [1.165, 1.54) is 0 Å². The van der Waals surface area contributed by atoms with Gasteiger partial charge in [-0.05, 0) is 47.5 Å². The van der Waals surface area contributed by atoms with Crippen molar-refractivity contribution in [2.45, 2.75) is 26.8 Å². The SMILES string of the molecule is CCc1cc(C(=O)Nc2cc(OC)ccc2Br)n(CC)n1. The number of methoxy groups -OCH3 is 1. The average Bonchev–Trinajstić information content (AvgIpc) is 2.93. The molecule has 0 spiro atoms. The molecule has 0 saturated carbocycles. The Morgan fingerprint density at radius 1 is 1.38 bits per heavy atom. The van der Waals surface area contributed by atoms with Crippen LogP contribution in [-0.2, 0) is 13.0 Å². The Kier molecular flexibility index (Phi) is 5.01. The van der Waals surface area contributed by atoms with Crippen LogP contribution in [0.25, 0.3) is 0 Å². The van der Waals surface area contributed by atoms with Crippen LogP contribution in [0.15, 0.2) is 28.7 Å². The maximum Gasteiger partial charge on any atom is 0.273 e. The van der Waals surface area contributed by atoms with Crippen molar-refractivity contribution >= 4 is 27.5 Å². The molecule has 0 aliphatic rings. The topological polar surface area (TPSA) is 56.1 Å². The summed E-state index contributed by atoms with van der Waals surface area (Å²) in [5.74, 6) is 0.504. The molecule has 0 bridgehead atoms. The molecule has 21 heavy (non-hydrogen) atoms. The second kappa shape index (κ2) is 6.76. The number of carbonyl (C=O) groups is 1. The van der Waals surface area contributed by atoms with Gasteiger partial charge < -0.3 is 10.1 Å². The van der Waals surface area contributed by atoms with Crippen LogP contribution in [-0.4, -0.2) is 22.8 Å². The molecule has 0 fully saturated rings. The zero-order valence-electron chi connectivity index (χ0n) is 12.3. The second-order valence-corrected chi connectivity index (χ2v) is 5.34. The molecule has 112 valence electrons. The fourth-order valence-electron chi connectivity index (χ4n) is 1.98. The van der Waals surface area contributed by atoms with Gasteiger partial charge in [-0.15, -0.1) is 0 Å². The Morgan fingerprint density at radius 3 is 2.76 bits per heavy atom. The number of nitrogens with one attached hydrogen (secondary N) is 1. The summed E-state index contributed by atoms with van der Waals surface area (Å²) in [5, 5.41) is 7.27. The largest absolute Gasteiger partial charge is 0.497 e. The lowest BCUT2D eigenvalue weighted by Crippen LogP contribution is -2.17. The number of ether oxygens (including phenoxy) is 1. The molecule has 5 nitrogen and oxygen atoms in total. The number of aromatic nitrogens is 2. The third kappa shape index (κ3) is 3.44. The summed E-state index contributed by atoms with van der Waals surface area (Å²) in [7, 11) is 1.59. The minimum absolute atomic E-state index is 0.182. The van der Waals surface area contributed by atoms with Crippen molar-refractivity contribution in [1.82, 2.24) is 9.78 Å². The van der Waals surface area contributed by atoms with E-state index in [1.54, 1.807) is 17.9 Å². The fraction of sp³-hybridized carbons (Fsp3) is 0.333. The van der Waals surface area contributed by atoms with Crippen LogP contribution in [0.3, 0.4) is 0 Å². The van der Waals surface area contributed by atoms with Crippen LogP contribution >= 0.6 is 15.9 Å². The van der Waals surface area contributed by atoms with E-state index in [4.69, 9.17) is 4.74 Å². The standard InChI is InChI=1S/C15H18BrN3O2/c1-4-10-8-14(19(5-2)18-10)15(20)17-13-9-11(21-3)6-7-12(13)16/h6-9H,4-5H2,1-3H3,(H,17,20). The minimum atomic E-state index is -0.182. The highest BCUT2D eigenvalue weighted by Gasteiger charge is 2.15. The number of anilines is 1. The highest BCUT2D eigenvalue weighted by molar-refractivity contribution is 9.10. The van der Waals surface area contributed by atoms with E-state index in [0.29, 0.717) is 23.7 Å². The molecular formula is C15H18BrN3O2. The normalized spacial score (nSPS) is 10.5. The molecule has 0 unspecified atom stereocenters. The molecule has 0 atom stereocenters. The maximum absolute atomic E-state index is 12.4. The van der Waals surface area contributed by atoms with Gasteiger partial charge >= 0.3 is 0 Å². The van der Waals surface area contributed by atoms with Gasteiger partial charge in [-0.2, -0.15) is 5.10 Å². The quantitative estimate of drug-likeness (QED) is 0.896. The predicted molar refractivity (Wildman–Crippen MR) is 85.9 cm³/mol. The molecule has 2 aromatic rings. The summed E-state index contributed by atoms with van der Waals surface area (Å²) in [6.45, 7) is 4.63. The number of rotatable bonds is 5. The van der Waals surface area contributed by atoms with Gasteiger partial charge in [-0.25, -0.2) is 0 Å². The molecule has 1 amide bonds. The first-order chi connectivity index (χ1) is 10.1. The lowest BCUT2D eigenvalue weighted by molar-refractivity contribution is 0.101. The van der Waals surface area contributed by atoms with Crippen LogP contribution in [0.1, 0.15) is 30.0 Å². The number of benzene rings is 1. The van der Waals surface area contributed by atoms with Crippen molar-refractivity contribution < 1.29 is 9.53 Å². The summed E-state index contributed by atoms with van der Waals surface area (Å²) in [6, 6.07) is 7.26. The lowest BCUT2D eigenvalue weighted by atomic mass is 10.2. The van der Waals surface area contributed by atoms with Crippen LogP contribution in [0.5, 0.6) is 5.75 Å².